The van der Waals surface area contributed by atoms with Crippen LogP contribution in [-0.4, -0.2) is 43.8 Å². The lowest BCUT2D eigenvalue weighted by atomic mass is 10.0. The molecule has 0 aliphatic carbocycles. The van der Waals surface area contributed by atoms with Gasteiger partial charge in [0.25, 0.3) is 0 Å². The predicted molar refractivity (Wildman–Crippen MR) is 59.3 cm³/mol. The number of methoxy groups -OCH3 is 1. The van der Waals surface area contributed by atoms with Gasteiger partial charge in [-0.05, 0) is 32.2 Å². The van der Waals surface area contributed by atoms with Crippen molar-refractivity contribution in [1.82, 2.24) is 4.90 Å². The Bertz CT molecular complexity index is 163. The van der Waals surface area contributed by atoms with Crippen molar-refractivity contribution in [1.29, 1.82) is 0 Å². The van der Waals surface area contributed by atoms with Gasteiger partial charge < -0.3 is 10.5 Å². The zero-order chi connectivity index (χ0) is 10.6. The van der Waals surface area contributed by atoms with Crippen LogP contribution in [0.5, 0.6) is 0 Å². The fraction of sp³-hybridized carbons (Fsp3) is 1.00. The average molecular weight is 200 g/mol. The number of likely N-dealkylation sites (tertiary alicyclic amines) is 1. The SMILES string of the molecule is COCC(C)C(CN)N1CCCC1C. The van der Waals surface area contributed by atoms with Gasteiger partial charge in [-0.1, -0.05) is 6.92 Å². The minimum atomic E-state index is 0.493. The lowest BCUT2D eigenvalue weighted by molar-refractivity contribution is 0.0817. The molecule has 1 heterocycles. The number of hydrogen-bond acceptors (Lipinski definition) is 3. The van der Waals surface area contributed by atoms with Crippen molar-refractivity contribution in [3.05, 3.63) is 0 Å². The Hall–Kier alpha value is -0.120. The first kappa shape index (κ1) is 12.0. The van der Waals surface area contributed by atoms with Gasteiger partial charge in [-0.15, -0.1) is 0 Å². The molecule has 3 atom stereocenters. The van der Waals surface area contributed by atoms with Gasteiger partial charge in [0.1, 0.15) is 0 Å². The highest BCUT2D eigenvalue weighted by Crippen LogP contribution is 2.23. The Kier molecular flexibility index (Phi) is 4.85. The maximum atomic E-state index is 5.85. The third-order valence-electron chi connectivity index (χ3n) is 3.36. The topological polar surface area (TPSA) is 38.5 Å². The standard InChI is InChI=1S/C11H24N2O/c1-9(8-14-3)11(7-12)13-6-4-5-10(13)2/h9-11H,4-8,12H2,1-3H3. The normalized spacial score (nSPS) is 27.9. The molecule has 1 saturated heterocycles. The van der Waals surface area contributed by atoms with Crippen molar-refractivity contribution in [3.8, 4) is 0 Å². The average Bonchev–Trinajstić information content (AvgIpc) is 2.54. The molecule has 0 aromatic carbocycles. The van der Waals surface area contributed by atoms with E-state index in [0.717, 1.165) is 13.2 Å². The highest BCUT2D eigenvalue weighted by Gasteiger charge is 2.30. The van der Waals surface area contributed by atoms with Gasteiger partial charge in [0.05, 0.1) is 6.61 Å². The molecule has 84 valence electrons. The Morgan fingerprint density at radius 1 is 1.57 bits per heavy atom. The van der Waals surface area contributed by atoms with Crippen LogP contribution in [0.3, 0.4) is 0 Å². The zero-order valence-corrected chi connectivity index (χ0v) is 9.70. The number of ether oxygens (including phenoxy) is 1. The van der Waals surface area contributed by atoms with E-state index < -0.39 is 0 Å². The smallest absolute Gasteiger partial charge is 0.0503 e. The van der Waals surface area contributed by atoms with Crippen LogP contribution in [0, 0.1) is 5.92 Å². The van der Waals surface area contributed by atoms with Crippen molar-refractivity contribution < 1.29 is 4.74 Å². The molecular weight excluding hydrogens is 176 g/mol. The fourth-order valence-electron chi connectivity index (χ4n) is 2.52. The van der Waals surface area contributed by atoms with Crippen LogP contribution in [0.4, 0.5) is 0 Å². The number of nitrogens with zero attached hydrogens (tertiary/aromatic N) is 1. The summed E-state index contributed by atoms with van der Waals surface area (Å²) in [4.78, 5) is 2.55. The van der Waals surface area contributed by atoms with Gasteiger partial charge in [-0.25, -0.2) is 0 Å². The van der Waals surface area contributed by atoms with E-state index in [1.165, 1.54) is 19.4 Å². The van der Waals surface area contributed by atoms with Gasteiger partial charge in [-0.2, -0.15) is 0 Å². The second-order valence-electron chi connectivity index (χ2n) is 4.46. The largest absolute Gasteiger partial charge is 0.384 e. The molecule has 2 N–H and O–H groups in total. The summed E-state index contributed by atoms with van der Waals surface area (Å²) in [7, 11) is 1.76. The summed E-state index contributed by atoms with van der Waals surface area (Å²) in [5, 5.41) is 0. The van der Waals surface area contributed by atoms with Crippen LogP contribution in [0.25, 0.3) is 0 Å². The molecule has 3 unspecified atom stereocenters. The van der Waals surface area contributed by atoms with Crippen molar-refractivity contribution >= 4 is 0 Å². The number of hydrogen-bond donors (Lipinski definition) is 1. The summed E-state index contributed by atoms with van der Waals surface area (Å²) in [5.74, 6) is 0.533. The lowest BCUT2D eigenvalue weighted by Crippen LogP contribution is -2.47. The molecule has 0 amide bonds. The molecule has 0 spiro atoms. The van der Waals surface area contributed by atoms with Crippen molar-refractivity contribution in [2.75, 3.05) is 26.8 Å². The first-order chi connectivity index (χ1) is 6.70. The second kappa shape index (κ2) is 5.69. The van der Waals surface area contributed by atoms with Crippen molar-refractivity contribution in [2.45, 2.75) is 38.8 Å². The van der Waals surface area contributed by atoms with Crippen LogP contribution >= 0.6 is 0 Å². The Balaban J connectivity index is 2.51. The maximum absolute atomic E-state index is 5.85. The molecule has 3 heteroatoms. The summed E-state index contributed by atoms with van der Waals surface area (Å²) >= 11 is 0. The molecule has 0 aromatic rings. The Morgan fingerprint density at radius 3 is 2.71 bits per heavy atom. The summed E-state index contributed by atoms with van der Waals surface area (Å²) in [5.41, 5.74) is 5.85. The van der Waals surface area contributed by atoms with Crippen LogP contribution in [-0.2, 0) is 4.74 Å². The fourth-order valence-corrected chi connectivity index (χ4v) is 2.52. The molecule has 1 fully saturated rings. The summed E-state index contributed by atoms with van der Waals surface area (Å²) in [6.07, 6.45) is 2.63. The second-order valence-corrected chi connectivity index (χ2v) is 4.46. The lowest BCUT2D eigenvalue weighted by Gasteiger charge is -2.34. The summed E-state index contributed by atoms with van der Waals surface area (Å²) in [6, 6.07) is 1.19. The Morgan fingerprint density at radius 2 is 2.29 bits per heavy atom. The molecule has 3 nitrogen and oxygen atoms in total. The van der Waals surface area contributed by atoms with Crippen molar-refractivity contribution in [2.24, 2.45) is 11.7 Å². The third-order valence-corrected chi connectivity index (χ3v) is 3.36. The van der Waals surface area contributed by atoms with Crippen LogP contribution in [0.1, 0.15) is 26.7 Å². The van der Waals surface area contributed by atoms with E-state index in [1.807, 2.05) is 0 Å². The molecule has 0 saturated carbocycles. The van der Waals surface area contributed by atoms with Crippen molar-refractivity contribution in [3.63, 3.8) is 0 Å². The van der Waals surface area contributed by atoms with Gasteiger partial charge in [0.2, 0.25) is 0 Å². The highest BCUT2D eigenvalue weighted by atomic mass is 16.5. The van der Waals surface area contributed by atoms with Gasteiger partial charge >= 0.3 is 0 Å². The van der Waals surface area contributed by atoms with Gasteiger partial charge in [-0.3, -0.25) is 4.90 Å². The van der Waals surface area contributed by atoms with Crippen LogP contribution in [0.2, 0.25) is 0 Å². The van der Waals surface area contributed by atoms with Crippen LogP contribution < -0.4 is 5.73 Å². The zero-order valence-electron chi connectivity index (χ0n) is 9.70. The molecule has 0 aromatic heterocycles. The molecule has 1 rings (SSSR count). The minimum Gasteiger partial charge on any atom is -0.384 e. The summed E-state index contributed by atoms with van der Waals surface area (Å²) in [6.45, 7) is 7.29. The Labute approximate surface area is 87.6 Å². The van der Waals surface area contributed by atoms with E-state index in [0.29, 0.717) is 18.0 Å². The quantitative estimate of drug-likeness (QED) is 0.722. The highest BCUT2D eigenvalue weighted by molar-refractivity contribution is 4.85. The molecule has 14 heavy (non-hydrogen) atoms. The van der Waals surface area contributed by atoms with E-state index in [1.54, 1.807) is 7.11 Å². The third kappa shape index (κ3) is 2.69. The van der Waals surface area contributed by atoms with Gasteiger partial charge in [0, 0.05) is 25.7 Å². The van der Waals surface area contributed by atoms with E-state index in [4.69, 9.17) is 10.5 Å². The minimum absolute atomic E-state index is 0.493. The predicted octanol–water partition coefficient (Wildman–Crippen LogP) is 1.08. The summed E-state index contributed by atoms with van der Waals surface area (Å²) < 4.78 is 5.20. The molecule has 0 bridgehead atoms. The first-order valence-electron chi connectivity index (χ1n) is 5.65. The first-order valence-corrected chi connectivity index (χ1v) is 5.65. The molecule has 0 radical (unpaired) electrons. The maximum Gasteiger partial charge on any atom is 0.0503 e. The van der Waals surface area contributed by atoms with E-state index in [-0.39, 0.29) is 0 Å². The molecular formula is C11H24N2O. The van der Waals surface area contributed by atoms with Crippen LogP contribution in [0.15, 0.2) is 0 Å². The molecule has 1 aliphatic heterocycles. The van der Waals surface area contributed by atoms with Gasteiger partial charge in [0.15, 0.2) is 0 Å². The van der Waals surface area contributed by atoms with E-state index in [2.05, 4.69) is 18.7 Å². The number of nitrogens with two attached hydrogens (primary N) is 1. The van der Waals surface area contributed by atoms with E-state index >= 15 is 0 Å². The monoisotopic (exact) mass is 200 g/mol. The number of rotatable bonds is 5. The van der Waals surface area contributed by atoms with E-state index in [9.17, 15) is 0 Å². The molecule has 1 aliphatic rings.